The first kappa shape index (κ1) is 37.3. The zero-order valence-corrected chi connectivity index (χ0v) is 35.2. The van der Waals surface area contributed by atoms with Crippen molar-refractivity contribution in [2.45, 2.75) is 46.5 Å². The van der Waals surface area contributed by atoms with Crippen molar-refractivity contribution in [1.82, 2.24) is 4.57 Å². The minimum Gasteiger partial charge on any atom is -0.455 e. The summed E-state index contributed by atoms with van der Waals surface area (Å²) >= 11 is 0. The zero-order valence-electron chi connectivity index (χ0n) is 35.2. The number of hydrogen-bond acceptors (Lipinski definition) is 1. The Balaban J connectivity index is 1.14. The molecular formula is C57H49N2O+. The van der Waals surface area contributed by atoms with Crippen LogP contribution in [-0.2, 0) is 7.05 Å². The number of rotatable bonds is 8. The zero-order chi connectivity index (χ0) is 41.1. The summed E-state index contributed by atoms with van der Waals surface area (Å²) in [5.41, 5.74) is 20.0. The van der Waals surface area contributed by atoms with Gasteiger partial charge in [-0.05, 0) is 105 Å². The standard InChI is InChI=1S/C57H49N2O/c1-36(2)49-33-46(44-28-26-43(27-29-44)42-24-22-41(23-25-42)39-15-9-7-10-16-39)34-50(37(3)4)55(49)59-52-20-14-13-19-51(52)58(6)57(59)54-38(5)21-31-48-47-32-30-45(35-53(47)60-56(48)54)40-17-11-8-12-18-40/h7-37H,1-6H3/q+1. The molecule has 0 aliphatic rings. The topological polar surface area (TPSA) is 21.9 Å². The van der Waals surface area contributed by atoms with Crippen LogP contribution in [-0.4, -0.2) is 4.57 Å². The van der Waals surface area contributed by atoms with Crippen LogP contribution < -0.4 is 4.57 Å². The lowest BCUT2D eigenvalue weighted by Gasteiger charge is -2.21. The molecule has 2 heterocycles. The summed E-state index contributed by atoms with van der Waals surface area (Å²) in [4.78, 5) is 0. The molecular weight excluding hydrogens is 729 g/mol. The minimum atomic E-state index is 0.263. The molecule has 292 valence electrons. The van der Waals surface area contributed by atoms with Crippen LogP contribution in [0.2, 0.25) is 0 Å². The van der Waals surface area contributed by atoms with Crippen molar-refractivity contribution in [3.05, 3.63) is 193 Å². The molecule has 3 nitrogen and oxygen atoms in total. The van der Waals surface area contributed by atoms with Crippen molar-refractivity contribution >= 4 is 33.0 Å². The highest BCUT2D eigenvalue weighted by Gasteiger charge is 2.34. The van der Waals surface area contributed by atoms with Gasteiger partial charge in [0.2, 0.25) is 0 Å². The molecule has 0 fully saturated rings. The Morgan fingerprint density at radius 2 is 0.933 bits per heavy atom. The molecule has 0 spiro atoms. The molecule has 0 atom stereocenters. The van der Waals surface area contributed by atoms with E-state index in [1.807, 2.05) is 0 Å². The van der Waals surface area contributed by atoms with Crippen molar-refractivity contribution in [1.29, 1.82) is 0 Å². The number of fused-ring (bicyclic) bond motifs is 4. The van der Waals surface area contributed by atoms with E-state index in [0.29, 0.717) is 0 Å². The fourth-order valence-electron chi connectivity index (χ4n) is 9.17. The summed E-state index contributed by atoms with van der Waals surface area (Å²) in [7, 11) is 2.21. The fraction of sp³-hybridized carbons (Fsp3) is 0.140. The van der Waals surface area contributed by atoms with Gasteiger partial charge in [0, 0.05) is 21.9 Å². The van der Waals surface area contributed by atoms with E-state index < -0.39 is 0 Å². The van der Waals surface area contributed by atoms with Crippen LogP contribution in [0.5, 0.6) is 0 Å². The lowest BCUT2D eigenvalue weighted by atomic mass is 9.87. The number of aromatic nitrogens is 2. The molecule has 0 unspecified atom stereocenters. The molecule has 0 saturated heterocycles. The predicted octanol–water partition coefficient (Wildman–Crippen LogP) is 15.2. The second-order valence-electron chi connectivity index (χ2n) is 16.9. The number of hydrogen-bond donors (Lipinski definition) is 0. The predicted molar refractivity (Wildman–Crippen MR) is 252 cm³/mol. The maximum Gasteiger partial charge on any atom is 0.299 e. The Morgan fingerprint density at radius 3 is 1.50 bits per heavy atom. The number of nitrogens with zero attached hydrogens (tertiary/aromatic N) is 2. The molecule has 0 aliphatic carbocycles. The van der Waals surface area contributed by atoms with Crippen LogP contribution in [0.25, 0.3) is 94.6 Å². The normalized spacial score (nSPS) is 11.8. The van der Waals surface area contributed by atoms with Gasteiger partial charge in [0.1, 0.15) is 16.8 Å². The highest BCUT2D eigenvalue weighted by Crippen LogP contribution is 2.44. The maximum atomic E-state index is 7.00. The van der Waals surface area contributed by atoms with Crippen LogP contribution in [0.1, 0.15) is 56.2 Å². The van der Waals surface area contributed by atoms with E-state index in [0.717, 1.165) is 38.9 Å². The third-order valence-electron chi connectivity index (χ3n) is 12.4. The van der Waals surface area contributed by atoms with E-state index in [9.17, 15) is 0 Å². The van der Waals surface area contributed by atoms with Crippen LogP contribution in [0, 0.1) is 6.92 Å². The summed E-state index contributed by atoms with van der Waals surface area (Å²) < 4.78 is 11.9. The first-order chi connectivity index (χ1) is 29.2. The quantitative estimate of drug-likeness (QED) is 0.141. The number of para-hydroxylation sites is 2. The first-order valence-corrected chi connectivity index (χ1v) is 21.2. The molecule has 60 heavy (non-hydrogen) atoms. The van der Waals surface area contributed by atoms with E-state index in [4.69, 9.17) is 4.42 Å². The molecule has 0 saturated carbocycles. The molecule has 3 heteroatoms. The van der Waals surface area contributed by atoms with Crippen molar-refractivity contribution in [3.63, 3.8) is 0 Å². The van der Waals surface area contributed by atoms with Crippen molar-refractivity contribution in [2.75, 3.05) is 0 Å². The van der Waals surface area contributed by atoms with E-state index >= 15 is 0 Å². The van der Waals surface area contributed by atoms with E-state index in [-0.39, 0.29) is 11.8 Å². The van der Waals surface area contributed by atoms with Crippen LogP contribution >= 0.6 is 0 Å². The largest absolute Gasteiger partial charge is 0.455 e. The maximum absolute atomic E-state index is 7.00. The summed E-state index contributed by atoms with van der Waals surface area (Å²) in [6, 6.07) is 63.9. The fourth-order valence-corrected chi connectivity index (χ4v) is 9.17. The Kier molecular flexibility index (Phi) is 9.33. The molecule has 0 N–H and O–H groups in total. The van der Waals surface area contributed by atoms with Gasteiger partial charge in [-0.3, -0.25) is 0 Å². The lowest BCUT2D eigenvalue weighted by Crippen LogP contribution is -2.30. The average molecular weight is 778 g/mol. The third-order valence-corrected chi connectivity index (χ3v) is 12.4. The average Bonchev–Trinajstić information content (AvgIpc) is 3.80. The van der Waals surface area contributed by atoms with Crippen LogP contribution in [0.15, 0.2) is 180 Å². The van der Waals surface area contributed by atoms with Crippen molar-refractivity contribution in [3.8, 4) is 61.6 Å². The number of furan rings is 1. The van der Waals surface area contributed by atoms with Crippen LogP contribution in [0.3, 0.4) is 0 Å². The van der Waals surface area contributed by atoms with Crippen molar-refractivity contribution in [2.24, 2.45) is 7.05 Å². The molecule has 8 aromatic carbocycles. The van der Waals surface area contributed by atoms with Gasteiger partial charge in [0.15, 0.2) is 16.6 Å². The Bertz CT molecular complexity index is 3150. The number of benzene rings is 8. The molecule has 10 aromatic rings. The summed E-state index contributed by atoms with van der Waals surface area (Å²) in [5.74, 6) is 1.64. The smallest absolute Gasteiger partial charge is 0.299 e. The highest BCUT2D eigenvalue weighted by molar-refractivity contribution is 6.10. The molecule has 0 amide bonds. The van der Waals surface area contributed by atoms with Gasteiger partial charge in [-0.1, -0.05) is 167 Å². The Hall–Kier alpha value is -6.97. The van der Waals surface area contributed by atoms with Crippen molar-refractivity contribution < 1.29 is 8.98 Å². The van der Waals surface area contributed by atoms with Gasteiger partial charge in [0.05, 0.1) is 7.05 Å². The molecule has 0 aliphatic heterocycles. The van der Waals surface area contributed by atoms with E-state index in [2.05, 4.69) is 227 Å². The second kappa shape index (κ2) is 15.0. The Labute approximate surface area is 352 Å². The van der Waals surface area contributed by atoms with Gasteiger partial charge < -0.3 is 4.42 Å². The van der Waals surface area contributed by atoms with E-state index in [1.165, 1.54) is 72.4 Å². The van der Waals surface area contributed by atoms with Gasteiger partial charge in [0.25, 0.3) is 5.82 Å². The number of aryl methyl sites for hydroxylation is 2. The lowest BCUT2D eigenvalue weighted by molar-refractivity contribution is -0.633. The first-order valence-electron chi connectivity index (χ1n) is 21.2. The monoisotopic (exact) mass is 777 g/mol. The van der Waals surface area contributed by atoms with Gasteiger partial charge in [-0.25, -0.2) is 4.57 Å². The van der Waals surface area contributed by atoms with Crippen LogP contribution in [0.4, 0.5) is 0 Å². The highest BCUT2D eigenvalue weighted by atomic mass is 16.3. The SMILES string of the molecule is Cc1ccc2c(oc3cc(-c4ccccc4)ccc32)c1-c1n(-c2c(C(C)C)cc(-c3ccc(-c4ccc(-c5ccccc5)cc4)cc3)cc2C(C)C)c2ccccc2[n+]1C. The van der Waals surface area contributed by atoms with Gasteiger partial charge >= 0.3 is 0 Å². The summed E-state index contributed by atoms with van der Waals surface area (Å²) in [6.45, 7) is 11.5. The van der Waals surface area contributed by atoms with Gasteiger partial charge in [-0.2, -0.15) is 4.57 Å². The van der Waals surface area contributed by atoms with Gasteiger partial charge in [-0.15, -0.1) is 0 Å². The minimum absolute atomic E-state index is 0.263. The molecule has 0 bridgehead atoms. The molecule has 0 radical (unpaired) electrons. The summed E-state index contributed by atoms with van der Waals surface area (Å²) in [5, 5.41) is 2.25. The molecule has 2 aromatic heterocycles. The Morgan fingerprint density at radius 1 is 0.467 bits per heavy atom. The van der Waals surface area contributed by atoms with E-state index in [1.54, 1.807) is 0 Å². The summed E-state index contributed by atoms with van der Waals surface area (Å²) in [6.07, 6.45) is 0. The second-order valence-corrected chi connectivity index (χ2v) is 16.9. The third kappa shape index (κ3) is 6.33. The number of imidazole rings is 1. The molecule has 10 rings (SSSR count).